The Morgan fingerprint density at radius 3 is 3.00 bits per heavy atom. The molecule has 84 valence electrons. The molecule has 1 aromatic rings. The Balaban J connectivity index is 2.44. The van der Waals surface area contributed by atoms with Crippen molar-refractivity contribution in [2.24, 2.45) is 5.73 Å². The van der Waals surface area contributed by atoms with E-state index in [0.717, 1.165) is 25.1 Å². The summed E-state index contributed by atoms with van der Waals surface area (Å²) in [7, 11) is 0. The minimum Gasteiger partial charge on any atom is -0.366 e. The second-order valence-electron chi connectivity index (χ2n) is 3.42. The van der Waals surface area contributed by atoms with Gasteiger partial charge in [0.2, 0.25) is 5.91 Å². The molecule has 0 aliphatic carbocycles. The number of hydrogen-bond donors (Lipinski definition) is 2. The smallest absolute Gasteiger partial charge is 0.248 e. The van der Waals surface area contributed by atoms with Gasteiger partial charge in [0.05, 0.1) is 0 Å². The van der Waals surface area contributed by atoms with Gasteiger partial charge in [-0.25, -0.2) is 0 Å². The summed E-state index contributed by atoms with van der Waals surface area (Å²) in [6.45, 7) is 3.41. The molecule has 16 heavy (non-hydrogen) atoms. The van der Waals surface area contributed by atoms with E-state index in [4.69, 9.17) is 5.73 Å². The van der Waals surface area contributed by atoms with Crippen LogP contribution in [0, 0.1) is 11.8 Å². The van der Waals surface area contributed by atoms with Gasteiger partial charge in [0, 0.05) is 25.1 Å². The largest absolute Gasteiger partial charge is 0.366 e. The number of carbonyl (C=O) groups is 1. The second kappa shape index (κ2) is 6.65. The molecular weight excluding hydrogens is 200 g/mol. The summed E-state index contributed by atoms with van der Waals surface area (Å²) in [5.41, 5.74) is 6.80. The van der Waals surface area contributed by atoms with Crippen molar-refractivity contribution in [3.8, 4) is 11.8 Å². The molecule has 0 fully saturated rings. The van der Waals surface area contributed by atoms with E-state index < -0.39 is 5.91 Å². The van der Waals surface area contributed by atoms with Crippen molar-refractivity contribution in [3.05, 3.63) is 35.4 Å². The van der Waals surface area contributed by atoms with Crippen LogP contribution in [0.25, 0.3) is 0 Å². The van der Waals surface area contributed by atoms with E-state index in [1.54, 1.807) is 12.1 Å². The molecular formula is C13H16N2O. The lowest BCUT2D eigenvalue weighted by molar-refractivity contribution is 0.1000. The molecule has 0 aromatic heterocycles. The first-order valence-corrected chi connectivity index (χ1v) is 5.23. The summed E-state index contributed by atoms with van der Waals surface area (Å²) in [4.78, 5) is 11.0. The maximum Gasteiger partial charge on any atom is 0.248 e. The van der Waals surface area contributed by atoms with E-state index in [0.29, 0.717) is 5.56 Å². The van der Waals surface area contributed by atoms with E-state index in [2.05, 4.69) is 17.2 Å². The normalized spacial score (nSPS) is 9.31. The number of carbonyl (C=O) groups excluding carboxylic acids is 1. The highest BCUT2D eigenvalue weighted by Crippen LogP contribution is 2.04. The Morgan fingerprint density at radius 1 is 1.50 bits per heavy atom. The van der Waals surface area contributed by atoms with Crippen LogP contribution in [0.4, 0.5) is 0 Å². The molecule has 0 saturated heterocycles. The van der Waals surface area contributed by atoms with Gasteiger partial charge >= 0.3 is 0 Å². The predicted molar refractivity (Wildman–Crippen MR) is 64.7 cm³/mol. The molecule has 0 spiro atoms. The van der Waals surface area contributed by atoms with Crippen LogP contribution in [0.15, 0.2) is 24.3 Å². The van der Waals surface area contributed by atoms with Crippen molar-refractivity contribution in [1.82, 2.24) is 5.32 Å². The number of benzene rings is 1. The average molecular weight is 216 g/mol. The van der Waals surface area contributed by atoms with Crippen molar-refractivity contribution in [2.75, 3.05) is 6.54 Å². The molecule has 0 heterocycles. The Labute approximate surface area is 96.0 Å². The molecule has 0 atom stereocenters. The number of rotatable bonds is 5. The third kappa shape index (κ3) is 4.16. The fourth-order valence-electron chi connectivity index (χ4n) is 1.34. The van der Waals surface area contributed by atoms with Gasteiger partial charge in [-0.15, -0.1) is 11.8 Å². The van der Waals surface area contributed by atoms with Crippen molar-refractivity contribution < 1.29 is 4.79 Å². The van der Waals surface area contributed by atoms with Gasteiger partial charge in [-0.3, -0.25) is 4.79 Å². The molecule has 0 unspecified atom stereocenters. The molecule has 3 heteroatoms. The van der Waals surface area contributed by atoms with Gasteiger partial charge in [-0.1, -0.05) is 12.1 Å². The van der Waals surface area contributed by atoms with E-state index in [1.165, 1.54) is 0 Å². The molecule has 0 aliphatic rings. The van der Waals surface area contributed by atoms with Crippen molar-refractivity contribution in [2.45, 2.75) is 19.9 Å². The maximum absolute atomic E-state index is 11.0. The summed E-state index contributed by atoms with van der Waals surface area (Å²) in [5.74, 6) is 5.43. The minimum atomic E-state index is -0.390. The molecule has 3 nitrogen and oxygen atoms in total. The number of primary amides is 1. The standard InChI is InChI=1S/C13H16N2O/c1-2-3-4-8-15-10-11-6-5-7-12(9-11)13(14)16/h5-7,9,15H,4,8,10H2,1H3,(H2,14,16). The minimum absolute atomic E-state index is 0.390. The maximum atomic E-state index is 11.0. The topological polar surface area (TPSA) is 55.1 Å². The molecule has 1 aromatic carbocycles. The average Bonchev–Trinajstić information content (AvgIpc) is 2.29. The van der Waals surface area contributed by atoms with E-state index in [9.17, 15) is 4.79 Å². The van der Waals surface area contributed by atoms with Crippen molar-refractivity contribution in [1.29, 1.82) is 0 Å². The zero-order valence-electron chi connectivity index (χ0n) is 9.42. The number of hydrogen-bond acceptors (Lipinski definition) is 2. The fraction of sp³-hybridized carbons (Fsp3) is 0.308. The quantitative estimate of drug-likeness (QED) is 0.575. The van der Waals surface area contributed by atoms with Crippen LogP contribution in [-0.4, -0.2) is 12.5 Å². The first-order chi connectivity index (χ1) is 7.74. The van der Waals surface area contributed by atoms with Gasteiger partial charge in [0.1, 0.15) is 0 Å². The van der Waals surface area contributed by atoms with Gasteiger partial charge in [-0.2, -0.15) is 0 Å². The molecule has 0 radical (unpaired) electrons. The lowest BCUT2D eigenvalue weighted by Crippen LogP contribution is -2.15. The van der Waals surface area contributed by atoms with E-state index in [1.807, 2.05) is 19.1 Å². The zero-order valence-corrected chi connectivity index (χ0v) is 9.42. The summed E-state index contributed by atoms with van der Waals surface area (Å²) in [6.07, 6.45) is 0.839. The monoisotopic (exact) mass is 216 g/mol. The Hall–Kier alpha value is -1.79. The lowest BCUT2D eigenvalue weighted by atomic mass is 10.1. The van der Waals surface area contributed by atoms with Gasteiger partial charge < -0.3 is 11.1 Å². The van der Waals surface area contributed by atoms with Crippen LogP contribution in [0.1, 0.15) is 29.3 Å². The molecule has 0 aliphatic heterocycles. The highest BCUT2D eigenvalue weighted by atomic mass is 16.1. The highest BCUT2D eigenvalue weighted by molar-refractivity contribution is 5.92. The summed E-state index contributed by atoms with van der Waals surface area (Å²) in [6, 6.07) is 7.32. The first-order valence-electron chi connectivity index (χ1n) is 5.23. The Kier molecular flexibility index (Phi) is 5.10. The van der Waals surface area contributed by atoms with Gasteiger partial charge in [0.15, 0.2) is 0 Å². The molecule has 0 saturated carbocycles. The van der Waals surface area contributed by atoms with Crippen LogP contribution in [-0.2, 0) is 6.54 Å². The summed E-state index contributed by atoms with van der Waals surface area (Å²) < 4.78 is 0. The third-order valence-corrected chi connectivity index (χ3v) is 2.14. The fourth-order valence-corrected chi connectivity index (χ4v) is 1.34. The second-order valence-corrected chi connectivity index (χ2v) is 3.42. The number of amides is 1. The Morgan fingerprint density at radius 2 is 2.31 bits per heavy atom. The van der Waals surface area contributed by atoms with E-state index in [-0.39, 0.29) is 0 Å². The Bertz CT molecular complexity index is 415. The lowest BCUT2D eigenvalue weighted by Gasteiger charge is -2.04. The highest BCUT2D eigenvalue weighted by Gasteiger charge is 2.00. The van der Waals surface area contributed by atoms with Crippen LogP contribution in [0.5, 0.6) is 0 Å². The van der Waals surface area contributed by atoms with Gasteiger partial charge in [0.25, 0.3) is 0 Å². The predicted octanol–water partition coefficient (Wildman–Crippen LogP) is 1.29. The molecule has 1 amide bonds. The first kappa shape index (κ1) is 12.3. The van der Waals surface area contributed by atoms with Gasteiger partial charge in [-0.05, 0) is 24.6 Å². The van der Waals surface area contributed by atoms with Crippen LogP contribution >= 0.6 is 0 Å². The summed E-state index contributed by atoms with van der Waals surface area (Å²) >= 11 is 0. The SMILES string of the molecule is CC#CCCNCc1cccc(C(N)=O)c1. The third-order valence-electron chi connectivity index (χ3n) is 2.14. The molecule has 0 bridgehead atoms. The van der Waals surface area contributed by atoms with Crippen LogP contribution < -0.4 is 11.1 Å². The molecule has 3 N–H and O–H groups in total. The zero-order chi connectivity index (χ0) is 11.8. The number of nitrogens with two attached hydrogens (primary N) is 1. The summed E-state index contributed by atoms with van der Waals surface area (Å²) in [5, 5.41) is 3.25. The van der Waals surface area contributed by atoms with Crippen molar-refractivity contribution in [3.63, 3.8) is 0 Å². The molecule has 1 rings (SSSR count). The van der Waals surface area contributed by atoms with Crippen LogP contribution in [0.2, 0.25) is 0 Å². The van der Waals surface area contributed by atoms with E-state index >= 15 is 0 Å². The number of nitrogens with one attached hydrogen (secondary N) is 1. The van der Waals surface area contributed by atoms with Crippen LogP contribution in [0.3, 0.4) is 0 Å². The van der Waals surface area contributed by atoms with Crippen molar-refractivity contribution >= 4 is 5.91 Å².